The van der Waals surface area contributed by atoms with Crippen LogP contribution in [0.2, 0.25) is 10.0 Å². The number of nitrogens with two attached hydrogens (primary N) is 1. The maximum atomic E-state index is 6.05. The second-order valence-electron chi connectivity index (χ2n) is 4.24. The van der Waals surface area contributed by atoms with Gasteiger partial charge in [-0.05, 0) is 43.0 Å². The van der Waals surface area contributed by atoms with E-state index in [1.807, 2.05) is 12.1 Å². The Morgan fingerprint density at radius 2 is 2.06 bits per heavy atom. The van der Waals surface area contributed by atoms with Gasteiger partial charge >= 0.3 is 0 Å². The van der Waals surface area contributed by atoms with E-state index in [2.05, 4.69) is 0 Å². The van der Waals surface area contributed by atoms with Crippen LogP contribution in [-0.2, 0) is 11.3 Å². The summed E-state index contributed by atoms with van der Waals surface area (Å²) in [4.78, 5) is 0. The molecule has 0 atom stereocenters. The van der Waals surface area contributed by atoms with Gasteiger partial charge in [-0.1, -0.05) is 29.3 Å². The van der Waals surface area contributed by atoms with Gasteiger partial charge in [-0.3, -0.25) is 0 Å². The van der Waals surface area contributed by atoms with Crippen molar-refractivity contribution >= 4 is 23.2 Å². The topological polar surface area (TPSA) is 35.2 Å². The fourth-order valence-electron chi connectivity index (χ4n) is 1.85. The Bertz CT molecular complexity index is 364. The molecule has 0 saturated heterocycles. The normalized spacial score (nSPS) is 24.2. The number of benzene rings is 1. The average molecular weight is 260 g/mol. The van der Waals surface area contributed by atoms with Crippen molar-refractivity contribution < 1.29 is 4.74 Å². The van der Waals surface area contributed by atoms with Crippen molar-refractivity contribution in [1.29, 1.82) is 0 Å². The molecule has 0 unspecified atom stereocenters. The summed E-state index contributed by atoms with van der Waals surface area (Å²) in [7, 11) is 0. The van der Waals surface area contributed by atoms with Crippen molar-refractivity contribution in [2.45, 2.75) is 25.6 Å². The Morgan fingerprint density at radius 3 is 2.69 bits per heavy atom. The van der Waals surface area contributed by atoms with Gasteiger partial charge in [0.1, 0.15) is 0 Å². The highest BCUT2D eigenvalue weighted by atomic mass is 35.5. The predicted octanol–water partition coefficient (Wildman–Crippen LogP) is 3.25. The highest BCUT2D eigenvalue weighted by Crippen LogP contribution is 2.30. The molecule has 0 aromatic heterocycles. The van der Waals surface area contributed by atoms with Gasteiger partial charge in [0.25, 0.3) is 0 Å². The first kappa shape index (κ1) is 12.2. The van der Waals surface area contributed by atoms with E-state index in [4.69, 9.17) is 33.7 Å². The Hall–Kier alpha value is -0.280. The summed E-state index contributed by atoms with van der Waals surface area (Å²) in [6, 6.07) is 5.48. The molecule has 0 radical (unpaired) electrons. The van der Waals surface area contributed by atoms with Crippen molar-refractivity contribution in [2.75, 3.05) is 6.54 Å². The SMILES string of the molecule is NCC1CC(OCc2ccc(Cl)cc2Cl)C1. The predicted molar refractivity (Wildman–Crippen MR) is 66.8 cm³/mol. The van der Waals surface area contributed by atoms with Gasteiger partial charge in [0, 0.05) is 10.0 Å². The summed E-state index contributed by atoms with van der Waals surface area (Å²) in [5, 5.41) is 1.32. The molecule has 2 N–H and O–H groups in total. The second-order valence-corrected chi connectivity index (χ2v) is 5.09. The molecule has 16 heavy (non-hydrogen) atoms. The Kier molecular flexibility index (Phi) is 4.09. The molecule has 1 aromatic rings. The van der Waals surface area contributed by atoms with Crippen LogP contribution in [0.5, 0.6) is 0 Å². The van der Waals surface area contributed by atoms with E-state index in [1.54, 1.807) is 6.07 Å². The number of hydrogen-bond acceptors (Lipinski definition) is 2. The summed E-state index contributed by atoms with van der Waals surface area (Å²) in [6.07, 6.45) is 2.49. The van der Waals surface area contributed by atoms with E-state index >= 15 is 0 Å². The maximum absolute atomic E-state index is 6.05. The van der Waals surface area contributed by atoms with Crippen molar-refractivity contribution in [3.05, 3.63) is 33.8 Å². The molecule has 0 spiro atoms. The molecule has 0 bridgehead atoms. The van der Waals surface area contributed by atoms with Crippen LogP contribution in [0, 0.1) is 5.92 Å². The summed E-state index contributed by atoms with van der Waals surface area (Å²) in [5.41, 5.74) is 6.54. The quantitative estimate of drug-likeness (QED) is 0.901. The standard InChI is InChI=1S/C12H15Cl2NO/c13-10-2-1-9(12(14)5-10)7-16-11-3-8(4-11)6-15/h1-2,5,8,11H,3-4,6-7,15H2. The van der Waals surface area contributed by atoms with Gasteiger partial charge in [0.05, 0.1) is 12.7 Å². The van der Waals surface area contributed by atoms with Crippen LogP contribution in [-0.4, -0.2) is 12.6 Å². The summed E-state index contributed by atoms with van der Waals surface area (Å²) >= 11 is 11.9. The fraction of sp³-hybridized carbons (Fsp3) is 0.500. The fourth-order valence-corrected chi connectivity index (χ4v) is 2.31. The molecular formula is C12H15Cl2NO. The van der Waals surface area contributed by atoms with Gasteiger partial charge in [0.15, 0.2) is 0 Å². The van der Waals surface area contributed by atoms with Crippen molar-refractivity contribution in [2.24, 2.45) is 11.7 Å². The van der Waals surface area contributed by atoms with Crippen LogP contribution >= 0.6 is 23.2 Å². The first-order valence-electron chi connectivity index (χ1n) is 5.44. The van der Waals surface area contributed by atoms with Crippen LogP contribution in [0.3, 0.4) is 0 Å². The maximum Gasteiger partial charge on any atom is 0.0735 e. The number of ether oxygens (including phenoxy) is 1. The molecule has 0 aliphatic heterocycles. The lowest BCUT2D eigenvalue weighted by Gasteiger charge is -2.34. The number of rotatable bonds is 4. The third-order valence-electron chi connectivity index (χ3n) is 3.02. The van der Waals surface area contributed by atoms with E-state index in [-0.39, 0.29) is 0 Å². The zero-order valence-electron chi connectivity index (χ0n) is 8.96. The number of halogens is 2. The molecule has 2 nitrogen and oxygen atoms in total. The van der Waals surface area contributed by atoms with E-state index in [0.29, 0.717) is 28.7 Å². The lowest BCUT2D eigenvalue weighted by Crippen LogP contribution is -2.35. The summed E-state index contributed by atoms with van der Waals surface area (Å²) in [5.74, 6) is 0.644. The molecule has 1 aliphatic rings. The zero-order valence-corrected chi connectivity index (χ0v) is 10.5. The Labute approximate surface area is 106 Å². The van der Waals surface area contributed by atoms with E-state index in [1.165, 1.54) is 0 Å². The molecule has 0 amide bonds. The van der Waals surface area contributed by atoms with E-state index in [0.717, 1.165) is 24.9 Å². The average Bonchev–Trinajstić information content (AvgIpc) is 2.18. The molecule has 88 valence electrons. The van der Waals surface area contributed by atoms with Crippen LogP contribution < -0.4 is 5.73 Å². The molecule has 2 rings (SSSR count). The molecule has 1 fully saturated rings. The molecule has 1 saturated carbocycles. The molecule has 4 heteroatoms. The third-order valence-corrected chi connectivity index (χ3v) is 3.60. The highest BCUT2D eigenvalue weighted by Gasteiger charge is 2.28. The molecule has 0 heterocycles. The van der Waals surface area contributed by atoms with Crippen LogP contribution in [0.1, 0.15) is 18.4 Å². The molecular weight excluding hydrogens is 245 g/mol. The van der Waals surface area contributed by atoms with Gasteiger partial charge in [-0.2, -0.15) is 0 Å². The van der Waals surface area contributed by atoms with Gasteiger partial charge in [-0.25, -0.2) is 0 Å². The second kappa shape index (κ2) is 5.37. The Morgan fingerprint density at radius 1 is 1.31 bits per heavy atom. The van der Waals surface area contributed by atoms with Crippen LogP contribution in [0.15, 0.2) is 18.2 Å². The first-order chi connectivity index (χ1) is 7.69. The van der Waals surface area contributed by atoms with Gasteiger partial charge in [0.2, 0.25) is 0 Å². The minimum Gasteiger partial charge on any atom is -0.373 e. The van der Waals surface area contributed by atoms with Crippen LogP contribution in [0.4, 0.5) is 0 Å². The van der Waals surface area contributed by atoms with E-state index < -0.39 is 0 Å². The Balaban J connectivity index is 1.82. The van der Waals surface area contributed by atoms with Crippen molar-refractivity contribution in [3.63, 3.8) is 0 Å². The zero-order chi connectivity index (χ0) is 11.5. The van der Waals surface area contributed by atoms with Gasteiger partial charge < -0.3 is 10.5 Å². The lowest BCUT2D eigenvalue weighted by atomic mass is 9.82. The molecule has 1 aromatic carbocycles. The minimum atomic E-state index is 0.347. The van der Waals surface area contributed by atoms with Crippen molar-refractivity contribution in [3.8, 4) is 0 Å². The third kappa shape index (κ3) is 2.89. The summed E-state index contributed by atoms with van der Waals surface area (Å²) in [6.45, 7) is 1.32. The van der Waals surface area contributed by atoms with Crippen LogP contribution in [0.25, 0.3) is 0 Å². The first-order valence-corrected chi connectivity index (χ1v) is 6.20. The van der Waals surface area contributed by atoms with Crippen molar-refractivity contribution in [1.82, 2.24) is 0 Å². The molecule has 1 aliphatic carbocycles. The smallest absolute Gasteiger partial charge is 0.0735 e. The largest absolute Gasteiger partial charge is 0.373 e. The minimum absolute atomic E-state index is 0.347. The monoisotopic (exact) mass is 259 g/mol. The van der Waals surface area contributed by atoms with E-state index in [9.17, 15) is 0 Å². The lowest BCUT2D eigenvalue weighted by molar-refractivity contribution is -0.0375. The van der Waals surface area contributed by atoms with Gasteiger partial charge in [-0.15, -0.1) is 0 Å². The summed E-state index contributed by atoms with van der Waals surface area (Å²) < 4.78 is 5.73. The highest BCUT2D eigenvalue weighted by molar-refractivity contribution is 6.35. The number of hydrogen-bond donors (Lipinski definition) is 1.